The number of rotatable bonds is 4. The lowest BCUT2D eigenvalue weighted by Crippen LogP contribution is -2.32. The number of hydrogen-bond acceptors (Lipinski definition) is 3. The van der Waals surface area contributed by atoms with Crippen molar-refractivity contribution in [2.24, 2.45) is 5.92 Å². The summed E-state index contributed by atoms with van der Waals surface area (Å²) in [6, 6.07) is 11.1. The number of benzene rings is 2. The summed E-state index contributed by atoms with van der Waals surface area (Å²) < 4.78 is 34.1. The fourth-order valence-corrected chi connectivity index (χ4v) is 2.69. The Labute approximate surface area is 142 Å². The van der Waals surface area contributed by atoms with Gasteiger partial charge >= 0.3 is 6.61 Å². The van der Waals surface area contributed by atoms with Gasteiger partial charge in [-0.2, -0.15) is 8.78 Å². The van der Waals surface area contributed by atoms with Gasteiger partial charge in [0.15, 0.2) is 0 Å². The van der Waals surface area contributed by atoms with E-state index in [2.05, 4.69) is 10.1 Å². The Morgan fingerprint density at radius 1 is 1.25 bits per heavy atom. The highest BCUT2D eigenvalue weighted by Gasteiger charge is 2.26. The molecule has 0 saturated carbocycles. The summed E-state index contributed by atoms with van der Waals surface area (Å²) in [5, 5.41) is 3.33. The summed E-state index contributed by atoms with van der Waals surface area (Å²) in [4.78, 5) is 12.3. The smallest absolute Gasteiger partial charge is 0.387 e. The average molecular weight is 354 g/mol. The quantitative estimate of drug-likeness (QED) is 0.899. The molecule has 0 unspecified atom stereocenters. The number of anilines is 1. The Morgan fingerprint density at radius 2 is 2.00 bits per heavy atom. The summed E-state index contributed by atoms with van der Waals surface area (Å²) in [5.74, 6) is 0.209. The standard InChI is InChI=1S/C17H14ClF2NO3/c18-12-1-6-15-10(8-12)7-11(9-23-15)16(22)21-13-2-4-14(5-3-13)24-17(19)20/h1-6,8,11,17H,7,9H2,(H,21,22)/t11-/m1/s1. The van der Waals surface area contributed by atoms with Crippen molar-refractivity contribution in [1.82, 2.24) is 0 Å². The molecule has 1 aliphatic rings. The maximum Gasteiger partial charge on any atom is 0.387 e. The molecule has 0 spiro atoms. The van der Waals surface area contributed by atoms with Crippen molar-refractivity contribution >= 4 is 23.2 Å². The van der Waals surface area contributed by atoms with Crippen molar-refractivity contribution in [1.29, 1.82) is 0 Å². The van der Waals surface area contributed by atoms with E-state index < -0.39 is 6.61 Å². The monoisotopic (exact) mass is 353 g/mol. The van der Waals surface area contributed by atoms with Gasteiger partial charge in [-0.3, -0.25) is 4.79 Å². The second kappa shape index (κ2) is 7.05. The van der Waals surface area contributed by atoms with E-state index in [1.165, 1.54) is 24.3 Å². The van der Waals surface area contributed by atoms with Crippen molar-refractivity contribution in [3.8, 4) is 11.5 Å². The molecule has 126 valence electrons. The van der Waals surface area contributed by atoms with Gasteiger partial charge in [-0.15, -0.1) is 0 Å². The highest BCUT2D eigenvalue weighted by atomic mass is 35.5. The van der Waals surface area contributed by atoms with Crippen LogP contribution in [0.5, 0.6) is 11.5 Å². The van der Waals surface area contributed by atoms with Crippen molar-refractivity contribution in [3.05, 3.63) is 53.1 Å². The van der Waals surface area contributed by atoms with E-state index in [4.69, 9.17) is 16.3 Å². The van der Waals surface area contributed by atoms with Crippen LogP contribution in [0.3, 0.4) is 0 Å². The van der Waals surface area contributed by atoms with E-state index in [9.17, 15) is 13.6 Å². The zero-order valence-electron chi connectivity index (χ0n) is 12.5. The first-order chi connectivity index (χ1) is 11.5. The van der Waals surface area contributed by atoms with E-state index in [0.717, 1.165) is 11.3 Å². The third-order valence-electron chi connectivity index (χ3n) is 3.65. The number of carbonyl (C=O) groups is 1. The third kappa shape index (κ3) is 3.94. The van der Waals surface area contributed by atoms with Crippen LogP contribution in [0.25, 0.3) is 0 Å². The van der Waals surface area contributed by atoms with Gasteiger partial charge in [0, 0.05) is 10.7 Å². The molecule has 0 saturated heterocycles. The predicted octanol–water partition coefficient (Wildman–Crippen LogP) is 4.13. The lowest BCUT2D eigenvalue weighted by molar-refractivity contribution is -0.121. The van der Waals surface area contributed by atoms with Crippen LogP contribution in [0, 0.1) is 5.92 Å². The van der Waals surface area contributed by atoms with Crippen molar-refractivity contribution in [3.63, 3.8) is 0 Å². The molecule has 1 amide bonds. The molecule has 1 N–H and O–H groups in total. The van der Waals surface area contributed by atoms with Gasteiger partial charge in [0.2, 0.25) is 5.91 Å². The maximum atomic E-state index is 12.3. The fraction of sp³-hybridized carbons (Fsp3) is 0.235. The molecule has 7 heteroatoms. The molecule has 0 aliphatic carbocycles. The van der Waals surface area contributed by atoms with Crippen LogP contribution in [-0.2, 0) is 11.2 Å². The van der Waals surface area contributed by atoms with E-state index in [0.29, 0.717) is 17.1 Å². The van der Waals surface area contributed by atoms with E-state index in [-0.39, 0.29) is 24.2 Å². The van der Waals surface area contributed by atoms with Crippen LogP contribution in [0.4, 0.5) is 14.5 Å². The van der Waals surface area contributed by atoms with E-state index in [1.54, 1.807) is 18.2 Å². The van der Waals surface area contributed by atoms with Gasteiger partial charge in [0.1, 0.15) is 18.1 Å². The molecule has 3 rings (SSSR count). The minimum absolute atomic E-state index is 0.0348. The number of hydrogen-bond donors (Lipinski definition) is 1. The van der Waals surface area contributed by atoms with Crippen molar-refractivity contribution in [2.45, 2.75) is 13.0 Å². The summed E-state index contributed by atoms with van der Waals surface area (Å²) in [6.07, 6.45) is 0.522. The number of nitrogens with one attached hydrogen (secondary N) is 1. The highest BCUT2D eigenvalue weighted by molar-refractivity contribution is 6.30. The van der Waals surface area contributed by atoms with Crippen LogP contribution in [-0.4, -0.2) is 19.1 Å². The van der Waals surface area contributed by atoms with E-state index >= 15 is 0 Å². The molecule has 4 nitrogen and oxygen atoms in total. The minimum atomic E-state index is -2.88. The third-order valence-corrected chi connectivity index (χ3v) is 3.88. The Kier molecular flexibility index (Phi) is 4.85. The minimum Gasteiger partial charge on any atom is -0.492 e. The Hall–Kier alpha value is -2.34. The highest BCUT2D eigenvalue weighted by Crippen LogP contribution is 2.30. The number of halogens is 3. The first-order valence-electron chi connectivity index (χ1n) is 7.28. The van der Waals surface area contributed by atoms with Crippen LogP contribution < -0.4 is 14.8 Å². The maximum absolute atomic E-state index is 12.3. The SMILES string of the molecule is O=C(Nc1ccc(OC(F)F)cc1)[C@H]1COc2ccc(Cl)cc2C1. The summed E-state index contributed by atoms with van der Waals surface area (Å²) >= 11 is 5.96. The molecular formula is C17H14ClF2NO3. The van der Waals surface area contributed by atoms with Gasteiger partial charge in [-0.25, -0.2) is 0 Å². The number of amides is 1. The summed E-state index contributed by atoms with van der Waals surface area (Å²) in [5.41, 5.74) is 1.38. The number of fused-ring (bicyclic) bond motifs is 1. The largest absolute Gasteiger partial charge is 0.492 e. The number of carbonyl (C=O) groups excluding carboxylic acids is 1. The molecule has 0 fully saturated rings. The van der Waals surface area contributed by atoms with Gasteiger partial charge in [0.25, 0.3) is 0 Å². The van der Waals surface area contributed by atoms with Crippen LogP contribution in [0.1, 0.15) is 5.56 Å². The number of ether oxygens (including phenoxy) is 2. The Balaban J connectivity index is 1.63. The Bertz CT molecular complexity index is 737. The summed E-state index contributed by atoms with van der Waals surface area (Å²) in [7, 11) is 0. The first-order valence-corrected chi connectivity index (χ1v) is 7.66. The second-order valence-corrected chi connectivity index (χ2v) is 5.79. The molecule has 2 aromatic carbocycles. The molecule has 0 radical (unpaired) electrons. The lowest BCUT2D eigenvalue weighted by atomic mass is 9.96. The molecule has 1 aliphatic heterocycles. The predicted molar refractivity (Wildman–Crippen MR) is 85.8 cm³/mol. The van der Waals surface area contributed by atoms with Gasteiger partial charge in [0.05, 0.1) is 5.92 Å². The zero-order valence-corrected chi connectivity index (χ0v) is 13.2. The van der Waals surface area contributed by atoms with Gasteiger partial charge in [-0.05, 0) is 54.4 Å². The molecule has 1 atom stereocenters. The van der Waals surface area contributed by atoms with Crippen molar-refractivity contribution < 1.29 is 23.0 Å². The van der Waals surface area contributed by atoms with Gasteiger partial charge in [-0.1, -0.05) is 11.6 Å². The second-order valence-electron chi connectivity index (χ2n) is 5.36. The van der Waals surface area contributed by atoms with Crippen LogP contribution in [0.15, 0.2) is 42.5 Å². The molecule has 24 heavy (non-hydrogen) atoms. The normalized spacial score (nSPS) is 16.2. The van der Waals surface area contributed by atoms with Crippen LogP contribution in [0.2, 0.25) is 5.02 Å². The Morgan fingerprint density at radius 3 is 2.71 bits per heavy atom. The lowest BCUT2D eigenvalue weighted by Gasteiger charge is -2.24. The summed E-state index contributed by atoms with van der Waals surface area (Å²) in [6.45, 7) is -2.61. The number of alkyl halides is 2. The van der Waals surface area contributed by atoms with Gasteiger partial charge < -0.3 is 14.8 Å². The van der Waals surface area contributed by atoms with Crippen LogP contribution >= 0.6 is 11.6 Å². The van der Waals surface area contributed by atoms with E-state index in [1.807, 2.05) is 0 Å². The fourth-order valence-electron chi connectivity index (χ4n) is 2.50. The topological polar surface area (TPSA) is 47.6 Å². The molecule has 2 aromatic rings. The molecular weight excluding hydrogens is 340 g/mol. The zero-order chi connectivity index (χ0) is 17.1. The molecule has 0 bridgehead atoms. The van der Waals surface area contributed by atoms with Crippen molar-refractivity contribution in [2.75, 3.05) is 11.9 Å². The first kappa shape index (κ1) is 16.5. The molecule has 1 heterocycles. The average Bonchev–Trinajstić information content (AvgIpc) is 2.55. The molecule has 0 aromatic heterocycles.